The van der Waals surface area contributed by atoms with Gasteiger partial charge in [-0.1, -0.05) is 36.4 Å². The van der Waals surface area contributed by atoms with Crippen molar-refractivity contribution >= 4 is 22.4 Å². The first-order chi connectivity index (χ1) is 9.81. The number of ether oxygens (including phenoxy) is 1. The molecule has 1 fully saturated rings. The Balaban J connectivity index is 1.67. The van der Waals surface area contributed by atoms with Gasteiger partial charge in [0.15, 0.2) is 0 Å². The van der Waals surface area contributed by atoms with Gasteiger partial charge in [0.25, 0.3) is 0 Å². The lowest BCUT2D eigenvalue weighted by Gasteiger charge is -2.05. The van der Waals surface area contributed by atoms with E-state index in [1.165, 1.54) is 5.39 Å². The first-order valence-electron chi connectivity index (χ1n) is 6.91. The minimum Gasteiger partial charge on any atom is -0.374 e. The first-order valence-corrected chi connectivity index (χ1v) is 6.91. The molecule has 3 rings (SSSR count). The van der Waals surface area contributed by atoms with Gasteiger partial charge in [-0.05, 0) is 35.7 Å². The maximum atomic E-state index is 11.9. The smallest absolute Gasteiger partial charge is 0.248 e. The number of anilines is 1. The normalized spacial score (nSPS) is 18.7. The van der Waals surface area contributed by atoms with E-state index in [-0.39, 0.29) is 12.0 Å². The average molecular weight is 267 g/mol. The summed E-state index contributed by atoms with van der Waals surface area (Å²) < 4.78 is 5.44. The molecule has 1 atom stereocenters. The molecule has 1 heterocycles. The fourth-order valence-electron chi connectivity index (χ4n) is 2.40. The molecule has 1 aliphatic heterocycles. The molecule has 0 spiro atoms. The molecule has 1 N–H and O–H groups in total. The summed E-state index contributed by atoms with van der Waals surface area (Å²) in [7, 11) is 0. The summed E-state index contributed by atoms with van der Waals surface area (Å²) in [6, 6.07) is 14.0. The lowest BCUT2D eigenvalue weighted by Crippen LogP contribution is -2.09. The number of fused-ring (bicyclic) bond motifs is 1. The molecule has 0 radical (unpaired) electrons. The highest BCUT2D eigenvalue weighted by Crippen LogP contribution is 2.19. The standard InChI is InChI=1S/C17H17NO2/c19-17(10-9-16-6-3-11-20-16)18-15-8-7-13-4-1-2-5-14(13)12-15/h1-2,4-5,7-10,12,16H,3,6,11H2,(H,18,19)/b10-9+. The lowest BCUT2D eigenvalue weighted by molar-refractivity contribution is -0.112. The molecule has 0 aromatic heterocycles. The molecule has 1 saturated heterocycles. The third kappa shape index (κ3) is 3.06. The molecule has 1 aliphatic rings. The highest BCUT2D eigenvalue weighted by molar-refractivity contribution is 6.00. The minimum absolute atomic E-state index is 0.0948. The highest BCUT2D eigenvalue weighted by Gasteiger charge is 2.12. The Kier molecular flexibility index (Phi) is 3.79. The van der Waals surface area contributed by atoms with E-state index in [1.807, 2.05) is 42.5 Å². The van der Waals surface area contributed by atoms with Crippen LogP contribution in [0.4, 0.5) is 5.69 Å². The van der Waals surface area contributed by atoms with Crippen molar-refractivity contribution in [2.24, 2.45) is 0 Å². The van der Waals surface area contributed by atoms with E-state index in [2.05, 4.69) is 11.4 Å². The number of carbonyl (C=O) groups excluding carboxylic acids is 1. The van der Waals surface area contributed by atoms with E-state index in [9.17, 15) is 4.79 Å². The Morgan fingerprint density at radius 2 is 2.05 bits per heavy atom. The minimum atomic E-state index is -0.115. The van der Waals surface area contributed by atoms with Crippen molar-refractivity contribution in [1.82, 2.24) is 0 Å². The van der Waals surface area contributed by atoms with Gasteiger partial charge in [0.1, 0.15) is 0 Å². The van der Waals surface area contributed by atoms with Crippen LogP contribution in [0.25, 0.3) is 10.8 Å². The number of benzene rings is 2. The van der Waals surface area contributed by atoms with E-state index >= 15 is 0 Å². The van der Waals surface area contributed by atoms with Crippen LogP contribution < -0.4 is 5.32 Å². The Morgan fingerprint density at radius 3 is 2.85 bits per heavy atom. The van der Waals surface area contributed by atoms with Gasteiger partial charge in [0.05, 0.1) is 6.10 Å². The molecule has 0 aliphatic carbocycles. The van der Waals surface area contributed by atoms with Gasteiger partial charge in [0, 0.05) is 18.4 Å². The molecular formula is C17H17NO2. The summed E-state index contributed by atoms with van der Waals surface area (Å²) in [6.07, 6.45) is 5.56. The van der Waals surface area contributed by atoms with E-state index in [4.69, 9.17) is 4.74 Å². The number of hydrogen-bond acceptors (Lipinski definition) is 2. The predicted molar refractivity (Wildman–Crippen MR) is 80.7 cm³/mol. The summed E-state index contributed by atoms with van der Waals surface area (Å²) in [4.78, 5) is 11.9. The number of rotatable bonds is 3. The second-order valence-electron chi connectivity index (χ2n) is 4.96. The van der Waals surface area contributed by atoms with Crippen molar-refractivity contribution in [2.75, 3.05) is 11.9 Å². The molecular weight excluding hydrogens is 250 g/mol. The first kappa shape index (κ1) is 12.9. The summed E-state index contributed by atoms with van der Waals surface area (Å²) in [6.45, 7) is 0.793. The van der Waals surface area contributed by atoms with Crippen molar-refractivity contribution in [1.29, 1.82) is 0 Å². The number of carbonyl (C=O) groups is 1. The lowest BCUT2D eigenvalue weighted by atomic mass is 10.1. The van der Waals surface area contributed by atoms with Crippen LogP contribution in [-0.2, 0) is 9.53 Å². The summed E-state index contributed by atoms with van der Waals surface area (Å²) in [5, 5.41) is 5.16. The fourth-order valence-corrected chi connectivity index (χ4v) is 2.40. The number of hydrogen-bond donors (Lipinski definition) is 1. The number of nitrogens with one attached hydrogen (secondary N) is 1. The van der Waals surface area contributed by atoms with Gasteiger partial charge >= 0.3 is 0 Å². The van der Waals surface area contributed by atoms with Crippen LogP contribution in [0.5, 0.6) is 0 Å². The Labute approximate surface area is 118 Å². The quantitative estimate of drug-likeness (QED) is 0.864. The van der Waals surface area contributed by atoms with Crippen LogP contribution >= 0.6 is 0 Å². The van der Waals surface area contributed by atoms with Crippen LogP contribution in [0, 0.1) is 0 Å². The molecule has 2 aromatic carbocycles. The summed E-state index contributed by atoms with van der Waals surface area (Å²) >= 11 is 0. The molecule has 20 heavy (non-hydrogen) atoms. The molecule has 0 bridgehead atoms. The Hall–Kier alpha value is -2.13. The largest absolute Gasteiger partial charge is 0.374 e. The van der Waals surface area contributed by atoms with Crippen molar-refractivity contribution < 1.29 is 9.53 Å². The zero-order valence-corrected chi connectivity index (χ0v) is 11.2. The van der Waals surface area contributed by atoms with Gasteiger partial charge in [-0.2, -0.15) is 0 Å². The third-order valence-corrected chi connectivity index (χ3v) is 3.44. The second-order valence-corrected chi connectivity index (χ2v) is 4.96. The molecule has 1 amide bonds. The zero-order valence-electron chi connectivity index (χ0n) is 11.2. The molecule has 0 saturated carbocycles. The van der Waals surface area contributed by atoms with E-state index in [0.29, 0.717) is 0 Å². The zero-order chi connectivity index (χ0) is 13.8. The van der Waals surface area contributed by atoms with Gasteiger partial charge in [-0.15, -0.1) is 0 Å². The van der Waals surface area contributed by atoms with Gasteiger partial charge < -0.3 is 10.1 Å². The highest BCUT2D eigenvalue weighted by atomic mass is 16.5. The fraction of sp³-hybridized carbons (Fsp3) is 0.235. The third-order valence-electron chi connectivity index (χ3n) is 3.44. The molecule has 2 aromatic rings. The van der Waals surface area contributed by atoms with Gasteiger partial charge in [-0.25, -0.2) is 0 Å². The van der Waals surface area contributed by atoms with E-state index < -0.39 is 0 Å². The molecule has 102 valence electrons. The topological polar surface area (TPSA) is 38.3 Å². The van der Waals surface area contributed by atoms with Crippen molar-refractivity contribution in [2.45, 2.75) is 18.9 Å². The maximum Gasteiger partial charge on any atom is 0.248 e. The Bertz CT molecular complexity index is 642. The monoisotopic (exact) mass is 267 g/mol. The molecule has 3 heteroatoms. The predicted octanol–water partition coefficient (Wildman–Crippen LogP) is 3.51. The van der Waals surface area contributed by atoms with Crippen LogP contribution in [0.3, 0.4) is 0 Å². The van der Waals surface area contributed by atoms with Crippen molar-refractivity contribution in [3.8, 4) is 0 Å². The van der Waals surface area contributed by atoms with Gasteiger partial charge in [0.2, 0.25) is 5.91 Å². The average Bonchev–Trinajstić information content (AvgIpc) is 2.98. The maximum absolute atomic E-state index is 11.9. The van der Waals surface area contributed by atoms with Crippen molar-refractivity contribution in [3.05, 3.63) is 54.6 Å². The summed E-state index contributed by atoms with van der Waals surface area (Å²) in [5.41, 5.74) is 0.811. The van der Waals surface area contributed by atoms with E-state index in [1.54, 1.807) is 6.08 Å². The number of amides is 1. The SMILES string of the molecule is O=C(/C=C/C1CCCO1)Nc1ccc2ccccc2c1. The molecule has 3 nitrogen and oxygen atoms in total. The van der Waals surface area contributed by atoms with Crippen LogP contribution in [0.2, 0.25) is 0 Å². The van der Waals surface area contributed by atoms with Crippen LogP contribution in [-0.4, -0.2) is 18.6 Å². The van der Waals surface area contributed by atoms with E-state index in [0.717, 1.165) is 30.5 Å². The molecule has 1 unspecified atom stereocenters. The Morgan fingerprint density at radius 1 is 1.20 bits per heavy atom. The second kappa shape index (κ2) is 5.88. The van der Waals surface area contributed by atoms with Crippen molar-refractivity contribution in [3.63, 3.8) is 0 Å². The van der Waals surface area contributed by atoms with Crippen LogP contribution in [0.1, 0.15) is 12.8 Å². The summed E-state index contributed by atoms with van der Waals surface area (Å²) in [5.74, 6) is -0.115. The van der Waals surface area contributed by atoms with Crippen LogP contribution in [0.15, 0.2) is 54.6 Å². The van der Waals surface area contributed by atoms with Gasteiger partial charge in [-0.3, -0.25) is 4.79 Å².